The summed E-state index contributed by atoms with van der Waals surface area (Å²) in [5.74, 6) is -0.683. The van der Waals surface area contributed by atoms with E-state index in [-0.39, 0.29) is 36.5 Å². The molecule has 0 spiro atoms. The molecule has 0 saturated carbocycles. The fraction of sp³-hybridized carbons (Fsp3) is 0.273. The van der Waals surface area contributed by atoms with Crippen LogP contribution in [0.15, 0.2) is 59.0 Å². The van der Waals surface area contributed by atoms with Gasteiger partial charge in [0.15, 0.2) is 0 Å². The van der Waals surface area contributed by atoms with Gasteiger partial charge in [-0.3, -0.25) is 9.59 Å². The molecule has 1 aromatic heterocycles. The number of benzene rings is 2. The summed E-state index contributed by atoms with van der Waals surface area (Å²) in [5, 5.41) is 0.979. The summed E-state index contributed by atoms with van der Waals surface area (Å²) in [6, 6.07) is 15.4. The normalized spacial score (nSPS) is 17.9. The minimum Gasteiger partial charge on any atom is -0.459 e. The fourth-order valence-electron chi connectivity index (χ4n) is 3.65. The van der Waals surface area contributed by atoms with Gasteiger partial charge in [0.2, 0.25) is 11.8 Å². The van der Waals surface area contributed by atoms with Crippen molar-refractivity contribution in [1.82, 2.24) is 4.90 Å². The third kappa shape index (κ3) is 3.15. The van der Waals surface area contributed by atoms with Crippen LogP contribution in [0.4, 0.5) is 10.1 Å². The molecule has 0 N–H and O–H groups in total. The van der Waals surface area contributed by atoms with Gasteiger partial charge in [0, 0.05) is 25.4 Å². The number of hydrogen-bond donors (Lipinski definition) is 0. The van der Waals surface area contributed by atoms with Crippen LogP contribution in [-0.2, 0) is 9.59 Å². The van der Waals surface area contributed by atoms with Gasteiger partial charge in [-0.2, -0.15) is 0 Å². The summed E-state index contributed by atoms with van der Waals surface area (Å²) < 4.78 is 19.9. The van der Waals surface area contributed by atoms with Gasteiger partial charge in [0.05, 0.1) is 17.6 Å². The number of halogens is 1. The van der Waals surface area contributed by atoms with E-state index < -0.39 is 11.7 Å². The van der Waals surface area contributed by atoms with Crippen LogP contribution >= 0.6 is 0 Å². The highest BCUT2D eigenvalue weighted by molar-refractivity contribution is 6.00. The van der Waals surface area contributed by atoms with Crippen molar-refractivity contribution in [2.75, 3.05) is 18.5 Å². The number of anilines is 1. The highest BCUT2D eigenvalue weighted by Crippen LogP contribution is 2.31. The first kappa shape index (κ1) is 18.2. The number of furan rings is 1. The number of amides is 2. The quantitative estimate of drug-likeness (QED) is 0.683. The summed E-state index contributed by atoms with van der Waals surface area (Å²) in [7, 11) is 1.70. The summed E-state index contributed by atoms with van der Waals surface area (Å²) in [5.41, 5.74) is 0.989. The molecule has 4 rings (SSSR count). The molecule has 2 aromatic carbocycles. The van der Waals surface area contributed by atoms with Crippen LogP contribution in [0.1, 0.15) is 25.1 Å². The van der Waals surface area contributed by atoms with Gasteiger partial charge in [-0.1, -0.05) is 30.3 Å². The maximum absolute atomic E-state index is 14.1. The van der Waals surface area contributed by atoms with Gasteiger partial charge in [-0.05, 0) is 31.2 Å². The van der Waals surface area contributed by atoms with E-state index >= 15 is 0 Å². The van der Waals surface area contributed by atoms with Crippen molar-refractivity contribution < 1.29 is 18.4 Å². The number of nitrogens with zero attached hydrogens (tertiary/aromatic N) is 2. The standard InChI is InChI=1S/C22H21FN2O3/c1-14(20-11-15-7-3-6-10-19(15)28-20)24(2)22(27)16-12-21(26)25(13-16)18-9-5-4-8-17(18)23/h3-11,14,16H,12-13H2,1-2H3/t14-,16+/m1/s1. The highest BCUT2D eigenvalue weighted by atomic mass is 19.1. The van der Waals surface area contributed by atoms with Gasteiger partial charge < -0.3 is 14.2 Å². The number of para-hydroxylation sites is 2. The Balaban J connectivity index is 1.51. The lowest BCUT2D eigenvalue weighted by Gasteiger charge is -2.26. The second-order valence-corrected chi connectivity index (χ2v) is 7.17. The number of hydrogen-bond acceptors (Lipinski definition) is 3. The Kier molecular flexibility index (Phi) is 4.63. The van der Waals surface area contributed by atoms with Crippen molar-refractivity contribution in [3.05, 3.63) is 66.2 Å². The van der Waals surface area contributed by atoms with Crippen molar-refractivity contribution in [2.45, 2.75) is 19.4 Å². The molecule has 1 aliphatic heterocycles. The summed E-state index contributed by atoms with van der Waals surface area (Å²) >= 11 is 0. The average molecular weight is 380 g/mol. The lowest BCUT2D eigenvalue weighted by Crippen LogP contribution is -2.36. The average Bonchev–Trinajstić information content (AvgIpc) is 3.30. The largest absolute Gasteiger partial charge is 0.459 e. The molecular formula is C22H21FN2O3. The van der Waals surface area contributed by atoms with E-state index in [9.17, 15) is 14.0 Å². The Morgan fingerprint density at radius 1 is 1.21 bits per heavy atom. The molecule has 0 aliphatic carbocycles. The Morgan fingerprint density at radius 3 is 2.68 bits per heavy atom. The van der Waals surface area contributed by atoms with Crippen molar-refractivity contribution in [3.8, 4) is 0 Å². The lowest BCUT2D eigenvalue weighted by molar-refractivity contribution is -0.136. The molecule has 0 unspecified atom stereocenters. The van der Waals surface area contributed by atoms with Crippen molar-refractivity contribution in [2.24, 2.45) is 5.92 Å². The first-order valence-electron chi connectivity index (χ1n) is 9.25. The van der Waals surface area contributed by atoms with E-state index in [1.54, 1.807) is 30.1 Å². The molecule has 2 amide bonds. The van der Waals surface area contributed by atoms with E-state index in [4.69, 9.17) is 4.42 Å². The van der Waals surface area contributed by atoms with E-state index in [0.29, 0.717) is 5.76 Å². The van der Waals surface area contributed by atoms with Gasteiger partial charge in [-0.15, -0.1) is 0 Å². The van der Waals surface area contributed by atoms with Crippen LogP contribution < -0.4 is 4.90 Å². The molecule has 144 valence electrons. The predicted octanol–water partition coefficient (Wildman–Crippen LogP) is 4.14. The number of rotatable bonds is 4. The third-order valence-electron chi connectivity index (χ3n) is 5.40. The Bertz CT molecular complexity index is 1010. The van der Waals surface area contributed by atoms with Crippen LogP contribution in [-0.4, -0.2) is 30.3 Å². The Morgan fingerprint density at radius 2 is 1.93 bits per heavy atom. The lowest BCUT2D eigenvalue weighted by atomic mass is 10.1. The second kappa shape index (κ2) is 7.11. The van der Waals surface area contributed by atoms with Crippen molar-refractivity contribution in [1.29, 1.82) is 0 Å². The first-order valence-corrected chi connectivity index (χ1v) is 9.25. The van der Waals surface area contributed by atoms with Crippen molar-refractivity contribution >= 4 is 28.5 Å². The number of carbonyl (C=O) groups is 2. The summed E-state index contributed by atoms with van der Waals surface area (Å²) in [6.45, 7) is 2.07. The monoisotopic (exact) mass is 380 g/mol. The zero-order valence-electron chi connectivity index (χ0n) is 15.8. The summed E-state index contributed by atoms with van der Waals surface area (Å²) in [6.07, 6.45) is 0.0738. The van der Waals surface area contributed by atoms with Crippen LogP contribution in [0.3, 0.4) is 0 Å². The first-order chi connectivity index (χ1) is 13.5. The van der Waals surface area contributed by atoms with Crippen LogP contribution in [0.25, 0.3) is 11.0 Å². The van der Waals surface area contributed by atoms with E-state index in [1.165, 1.54) is 11.0 Å². The molecule has 0 bridgehead atoms. The molecule has 3 aromatic rings. The van der Waals surface area contributed by atoms with Crippen molar-refractivity contribution in [3.63, 3.8) is 0 Å². The minimum atomic E-state index is -0.510. The Hall–Kier alpha value is -3.15. The van der Waals surface area contributed by atoms with Gasteiger partial charge >= 0.3 is 0 Å². The maximum atomic E-state index is 14.1. The molecule has 1 aliphatic rings. The van der Waals surface area contributed by atoms with Crippen LogP contribution in [0.5, 0.6) is 0 Å². The van der Waals surface area contributed by atoms with Crippen LogP contribution in [0.2, 0.25) is 0 Å². The Labute approximate surface area is 162 Å². The van der Waals surface area contributed by atoms with E-state index in [0.717, 1.165) is 11.0 Å². The maximum Gasteiger partial charge on any atom is 0.228 e. The molecule has 6 heteroatoms. The molecular weight excluding hydrogens is 359 g/mol. The molecule has 2 heterocycles. The molecule has 2 atom stereocenters. The predicted molar refractivity (Wildman–Crippen MR) is 104 cm³/mol. The van der Waals surface area contributed by atoms with E-state index in [2.05, 4.69) is 0 Å². The molecule has 5 nitrogen and oxygen atoms in total. The van der Waals surface area contributed by atoms with Crippen LogP contribution in [0, 0.1) is 11.7 Å². The number of fused-ring (bicyclic) bond motifs is 1. The van der Waals surface area contributed by atoms with Gasteiger partial charge in [0.25, 0.3) is 0 Å². The molecule has 1 fully saturated rings. The highest BCUT2D eigenvalue weighted by Gasteiger charge is 2.38. The smallest absolute Gasteiger partial charge is 0.228 e. The van der Waals surface area contributed by atoms with Gasteiger partial charge in [-0.25, -0.2) is 4.39 Å². The fourth-order valence-corrected chi connectivity index (χ4v) is 3.65. The zero-order chi connectivity index (χ0) is 19.8. The number of carbonyl (C=O) groups excluding carboxylic acids is 2. The topological polar surface area (TPSA) is 53.8 Å². The SMILES string of the molecule is C[C@H](c1cc2ccccc2o1)N(C)C(=O)[C@H]1CC(=O)N(c2ccccc2F)C1. The summed E-state index contributed by atoms with van der Waals surface area (Å²) in [4.78, 5) is 28.3. The molecule has 28 heavy (non-hydrogen) atoms. The molecule has 1 saturated heterocycles. The van der Waals surface area contributed by atoms with E-state index in [1.807, 2.05) is 37.3 Å². The minimum absolute atomic E-state index is 0.0738. The second-order valence-electron chi connectivity index (χ2n) is 7.17. The third-order valence-corrected chi connectivity index (χ3v) is 5.40. The zero-order valence-corrected chi connectivity index (χ0v) is 15.8. The van der Waals surface area contributed by atoms with Gasteiger partial charge in [0.1, 0.15) is 17.2 Å². The molecule has 0 radical (unpaired) electrons.